The van der Waals surface area contributed by atoms with Crippen LogP contribution in [0.4, 0.5) is 5.69 Å². The second-order valence-corrected chi connectivity index (χ2v) is 10.5. The molecule has 39 heavy (non-hydrogen) atoms. The van der Waals surface area contributed by atoms with E-state index < -0.39 is 5.97 Å². The van der Waals surface area contributed by atoms with Crippen LogP contribution in [0.15, 0.2) is 53.3 Å². The van der Waals surface area contributed by atoms with E-state index in [9.17, 15) is 9.59 Å². The number of anilines is 1. The summed E-state index contributed by atoms with van der Waals surface area (Å²) in [5.41, 5.74) is 1.03. The van der Waals surface area contributed by atoms with Gasteiger partial charge < -0.3 is 14.8 Å². The van der Waals surface area contributed by atoms with E-state index in [0.29, 0.717) is 17.9 Å². The third-order valence-electron chi connectivity index (χ3n) is 6.99. The largest absolute Gasteiger partial charge is 0.494 e. The smallest absolute Gasteiger partial charge is 0.343 e. The van der Waals surface area contributed by atoms with Crippen LogP contribution in [0.3, 0.4) is 0 Å². The van der Waals surface area contributed by atoms with Crippen molar-refractivity contribution in [2.45, 2.75) is 117 Å². The van der Waals surface area contributed by atoms with Crippen LogP contribution < -0.4 is 20.2 Å². The van der Waals surface area contributed by atoms with E-state index >= 15 is 0 Å². The molecule has 0 fully saturated rings. The lowest BCUT2D eigenvalue weighted by molar-refractivity contribution is 0.0733. The molecule has 0 bridgehead atoms. The Morgan fingerprint density at radius 3 is 1.79 bits per heavy atom. The van der Waals surface area contributed by atoms with Gasteiger partial charge in [-0.05, 0) is 61.4 Å². The molecular formula is C34H51NO4. The van der Waals surface area contributed by atoms with E-state index in [1.165, 1.54) is 95.6 Å². The fraction of sp³-hybridized carbons (Fsp3) is 0.588. The van der Waals surface area contributed by atoms with Crippen LogP contribution in [-0.2, 0) is 0 Å². The molecule has 0 radical (unpaired) electrons. The molecule has 0 aromatic heterocycles. The molecule has 2 aromatic rings. The molecule has 0 aliphatic heterocycles. The number of benzene rings is 1. The predicted molar refractivity (Wildman–Crippen MR) is 163 cm³/mol. The fourth-order valence-electron chi connectivity index (χ4n) is 4.52. The number of carbonyl (C=O) groups excluding carboxylic acids is 1. The van der Waals surface area contributed by atoms with E-state index in [1.807, 2.05) is 12.1 Å². The lowest BCUT2D eigenvalue weighted by Gasteiger charge is -2.07. The molecule has 0 unspecified atom stereocenters. The monoisotopic (exact) mass is 537 g/mol. The molecule has 0 aliphatic carbocycles. The van der Waals surface area contributed by atoms with Crippen LogP contribution in [-0.4, -0.2) is 19.1 Å². The minimum absolute atomic E-state index is 0.000869. The summed E-state index contributed by atoms with van der Waals surface area (Å²) in [6.07, 6.45) is 20.3. The van der Waals surface area contributed by atoms with Gasteiger partial charge in [0.1, 0.15) is 5.75 Å². The van der Waals surface area contributed by atoms with Crippen molar-refractivity contribution >= 4 is 11.7 Å². The van der Waals surface area contributed by atoms with E-state index in [4.69, 9.17) is 9.47 Å². The molecule has 0 heterocycles. The SMILES string of the molecule is CCCCCCCCCCCCOc1ccc(OC(=O)c2ccc(NCCCCCCCC)cc2)c(=O)cc1. The molecule has 0 saturated carbocycles. The van der Waals surface area contributed by atoms with Crippen LogP contribution in [0.2, 0.25) is 0 Å². The first-order chi connectivity index (χ1) is 19.1. The van der Waals surface area contributed by atoms with Crippen LogP contribution in [0.5, 0.6) is 11.5 Å². The standard InChI is InChI=1S/C34H51NO4/c1-3-5-7-9-11-12-13-14-16-18-28-38-31-23-25-32(36)33(26-24-31)39-34(37)29-19-21-30(22-20-29)35-27-17-15-10-8-6-4-2/h19-26,35H,3-18,27-28H2,1-2H3. The van der Waals surface area contributed by atoms with Crippen molar-refractivity contribution in [3.05, 3.63) is 64.3 Å². The Hall–Kier alpha value is -2.82. The zero-order valence-electron chi connectivity index (χ0n) is 24.5. The topological polar surface area (TPSA) is 64.6 Å². The molecule has 0 spiro atoms. The van der Waals surface area contributed by atoms with Crippen LogP contribution in [0.1, 0.15) is 127 Å². The molecule has 216 valence electrons. The van der Waals surface area contributed by atoms with Gasteiger partial charge in [-0.15, -0.1) is 0 Å². The summed E-state index contributed by atoms with van der Waals surface area (Å²) in [7, 11) is 0. The first-order valence-corrected chi connectivity index (χ1v) is 15.5. The lowest BCUT2D eigenvalue weighted by atomic mass is 10.1. The quantitative estimate of drug-likeness (QED) is 0.120. The maximum absolute atomic E-state index is 12.6. The van der Waals surface area contributed by atoms with Crippen molar-refractivity contribution < 1.29 is 14.3 Å². The van der Waals surface area contributed by atoms with Gasteiger partial charge in [-0.3, -0.25) is 4.79 Å². The van der Waals surface area contributed by atoms with Crippen molar-refractivity contribution in [2.24, 2.45) is 0 Å². The highest BCUT2D eigenvalue weighted by molar-refractivity contribution is 5.91. The number of nitrogens with one attached hydrogen (secondary N) is 1. The summed E-state index contributed by atoms with van der Waals surface area (Å²) in [6.45, 7) is 6.01. The van der Waals surface area contributed by atoms with Crippen molar-refractivity contribution in [3.63, 3.8) is 0 Å². The lowest BCUT2D eigenvalue weighted by Crippen LogP contribution is -2.13. The summed E-state index contributed by atoms with van der Waals surface area (Å²) in [4.78, 5) is 25.1. The second-order valence-electron chi connectivity index (χ2n) is 10.5. The van der Waals surface area contributed by atoms with E-state index in [-0.39, 0.29) is 11.2 Å². The highest BCUT2D eigenvalue weighted by atomic mass is 16.5. The second kappa shape index (κ2) is 21.1. The maximum atomic E-state index is 12.6. The fourth-order valence-corrected chi connectivity index (χ4v) is 4.52. The first-order valence-electron chi connectivity index (χ1n) is 15.5. The third-order valence-corrected chi connectivity index (χ3v) is 6.99. The number of rotatable bonds is 22. The summed E-state index contributed by atoms with van der Waals surface area (Å²) in [5.74, 6) is 0.0544. The molecular weight excluding hydrogens is 486 g/mol. The molecule has 2 rings (SSSR count). The van der Waals surface area contributed by atoms with Crippen LogP contribution in [0.25, 0.3) is 0 Å². The first kappa shape index (κ1) is 32.4. The van der Waals surface area contributed by atoms with Crippen molar-refractivity contribution in [1.82, 2.24) is 0 Å². The summed E-state index contributed by atoms with van der Waals surface area (Å²) >= 11 is 0. The molecule has 1 N–H and O–H groups in total. The zero-order chi connectivity index (χ0) is 28.0. The molecule has 0 aliphatic rings. The van der Waals surface area contributed by atoms with Crippen molar-refractivity contribution in [3.8, 4) is 11.5 Å². The van der Waals surface area contributed by atoms with Gasteiger partial charge in [0.05, 0.1) is 12.2 Å². The van der Waals surface area contributed by atoms with Gasteiger partial charge in [-0.1, -0.05) is 104 Å². The number of carbonyl (C=O) groups is 1. The van der Waals surface area contributed by atoms with Gasteiger partial charge in [-0.25, -0.2) is 4.79 Å². The summed E-state index contributed by atoms with van der Waals surface area (Å²) in [5, 5.41) is 3.40. The van der Waals surface area contributed by atoms with Gasteiger partial charge >= 0.3 is 5.97 Å². The number of unbranched alkanes of at least 4 members (excludes halogenated alkanes) is 14. The summed E-state index contributed by atoms with van der Waals surface area (Å²) in [6, 6.07) is 13.4. The Labute approximate surface area is 236 Å². The minimum atomic E-state index is -0.548. The number of ether oxygens (including phenoxy) is 2. The third kappa shape index (κ3) is 14.8. The normalized spacial score (nSPS) is 10.8. The zero-order valence-corrected chi connectivity index (χ0v) is 24.5. The summed E-state index contributed by atoms with van der Waals surface area (Å²) < 4.78 is 11.2. The average Bonchev–Trinajstić information content (AvgIpc) is 3.12. The van der Waals surface area contributed by atoms with Crippen LogP contribution in [0, 0.1) is 0 Å². The van der Waals surface area contributed by atoms with Gasteiger partial charge in [0.25, 0.3) is 0 Å². The number of hydrogen-bond acceptors (Lipinski definition) is 5. The van der Waals surface area contributed by atoms with Crippen LogP contribution >= 0.6 is 0 Å². The molecule has 5 nitrogen and oxygen atoms in total. The Kier molecular flexibility index (Phi) is 17.5. The van der Waals surface area contributed by atoms with E-state index in [2.05, 4.69) is 19.2 Å². The number of esters is 1. The van der Waals surface area contributed by atoms with Crippen molar-refractivity contribution in [1.29, 1.82) is 0 Å². The van der Waals surface area contributed by atoms with Gasteiger partial charge in [0, 0.05) is 12.2 Å². The van der Waals surface area contributed by atoms with Gasteiger partial charge in [0.2, 0.25) is 5.43 Å². The predicted octanol–water partition coefficient (Wildman–Crippen LogP) is 9.34. The molecule has 5 heteroatoms. The molecule has 0 amide bonds. The minimum Gasteiger partial charge on any atom is -0.494 e. The number of hydrogen-bond donors (Lipinski definition) is 1. The molecule has 0 saturated heterocycles. The van der Waals surface area contributed by atoms with Gasteiger partial charge in [0.15, 0.2) is 5.75 Å². The highest BCUT2D eigenvalue weighted by Crippen LogP contribution is 2.16. The Bertz CT molecular complexity index is 974. The van der Waals surface area contributed by atoms with E-state index in [0.717, 1.165) is 31.5 Å². The average molecular weight is 538 g/mol. The maximum Gasteiger partial charge on any atom is 0.343 e. The Balaban J connectivity index is 1.69. The van der Waals surface area contributed by atoms with Gasteiger partial charge in [-0.2, -0.15) is 0 Å². The Morgan fingerprint density at radius 2 is 1.18 bits per heavy atom. The highest BCUT2D eigenvalue weighted by Gasteiger charge is 2.11. The molecule has 0 atom stereocenters. The molecule has 2 aromatic carbocycles. The van der Waals surface area contributed by atoms with Crippen molar-refractivity contribution in [2.75, 3.05) is 18.5 Å². The Morgan fingerprint density at radius 1 is 0.641 bits per heavy atom. The van der Waals surface area contributed by atoms with E-state index in [1.54, 1.807) is 24.3 Å².